The van der Waals surface area contributed by atoms with Gasteiger partial charge >= 0.3 is 0 Å². The van der Waals surface area contributed by atoms with E-state index in [0.29, 0.717) is 30.2 Å². The van der Waals surface area contributed by atoms with Crippen LogP contribution in [0.5, 0.6) is 0 Å². The lowest BCUT2D eigenvalue weighted by atomic mass is 10.1. The maximum absolute atomic E-state index is 13.3. The highest BCUT2D eigenvalue weighted by molar-refractivity contribution is 6.31. The molecule has 0 bridgehead atoms. The number of nitrogens with zero attached hydrogens (tertiary/aromatic N) is 2. The molecular formula is C21H19ClFN3O. The molecule has 3 rings (SSSR count). The predicted octanol–water partition coefficient (Wildman–Crippen LogP) is 5.28. The first-order valence-electron chi connectivity index (χ1n) is 8.58. The van der Waals surface area contributed by atoms with Gasteiger partial charge in [0.25, 0.3) is 5.91 Å². The molecule has 1 heterocycles. The van der Waals surface area contributed by atoms with Crippen molar-refractivity contribution in [3.05, 3.63) is 88.8 Å². The molecule has 1 aromatic heterocycles. The largest absolute Gasteiger partial charge is 0.340 e. The van der Waals surface area contributed by atoms with Gasteiger partial charge < -0.3 is 10.2 Å². The van der Waals surface area contributed by atoms with Gasteiger partial charge in [-0.15, -0.1) is 0 Å². The first-order valence-corrected chi connectivity index (χ1v) is 8.96. The Kier molecular flexibility index (Phi) is 6.04. The van der Waals surface area contributed by atoms with Crippen molar-refractivity contribution in [2.75, 3.05) is 11.9 Å². The third-order valence-corrected chi connectivity index (χ3v) is 4.37. The summed E-state index contributed by atoms with van der Waals surface area (Å²) in [7, 11) is 0. The standard InChI is InChI=1S/C21H19ClFN3O/c1-2-26(14-15-6-4-3-5-7-15)21(27)16-10-11-24-20(12-16)25-17-8-9-19(23)18(22)13-17/h3-13H,2,14H2,1H3,(H,24,25). The second-order valence-corrected chi connectivity index (χ2v) is 6.40. The number of nitrogens with one attached hydrogen (secondary N) is 1. The third kappa shape index (κ3) is 4.83. The van der Waals surface area contributed by atoms with Gasteiger partial charge in [0, 0.05) is 30.5 Å². The summed E-state index contributed by atoms with van der Waals surface area (Å²) in [6, 6.07) is 17.5. The van der Waals surface area contributed by atoms with E-state index in [4.69, 9.17) is 11.6 Å². The lowest BCUT2D eigenvalue weighted by Gasteiger charge is -2.21. The van der Waals surface area contributed by atoms with Crippen LogP contribution < -0.4 is 5.32 Å². The van der Waals surface area contributed by atoms with Crippen molar-refractivity contribution in [1.29, 1.82) is 0 Å². The summed E-state index contributed by atoms with van der Waals surface area (Å²) in [5.41, 5.74) is 2.19. The number of benzene rings is 2. The van der Waals surface area contributed by atoms with E-state index in [0.717, 1.165) is 5.56 Å². The fourth-order valence-electron chi connectivity index (χ4n) is 2.67. The Bertz CT molecular complexity index is 934. The van der Waals surface area contributed by atoms with Gasteiger partial charge in [-0.1, -0.05) is 41.9 Å². The van der Waals surface area contributed by atoms with Gasteiger partial charge in [-0.2, -0.15) is 0 Å². The summed E-state index contributed by atoms with van der Waals surface area (Å²) in [4.78, 5) is 18.9. The van der Waals surface area contributed by atoms with Crippen LogP contribution in [0.15, 0.2) is 66.9 Å². The molecule has 0 aliphatic rings. The second kappa shape index (κ2) is 8.64. The van der Waals surface area contributed by atoms with Crippen LogP contribution in [-0.2, 0) is 6.54 Å². The molecule has 1 N–H and O–H groups in total. The molecule has 0 saturated carbocycles. The van der Waals surface area contributed by atoms with Gasteiger partial charge in [-0.3, -0.25) is 4.79 Å². The van der Waals surface area contributed by atoms with Crippen LogP contribution in [0.3, 0.4) is 0 Å². The smallest absolute Gasteiger partial charge is 0.254 e. The number of halogens is 2. The minimum Gasteiger partial charge on any atom is -0.340 e. The molecule has 0 spiro atoms. The number of rotatable bonds is 6. The number of anilines is 2. The molecule has 0 unspecified atom stereocenters. The maximum atomic E-state index is 13.3. The normalized spacial score (nSPS) is 10.5. The van der Waals surface area contributed by atoms with Crippen LogP contribution in [-0.4, -0.2) is 22.3 Å². The Morgan fingerprint density at radius 2 is 1.93 bits per heavy atom. The molecule has 27 heavy (non-hydrogen) atoms. The Balaban J connectivity index is 1.76. The zero-order valence-electron chi connectivity index (χ0n) is 14.8. The number of carbonyl (C=O) groups is 1. The fourth-order valence-corrected chi connectivity index (χ4v) is 2.85. The van der Waals surface area contributed by atoms with Crippen LogP contribution in [0, 0.1) is 5.82 Å². The molecule has 138 valence electrons. The molecule has 0 saturated heterocycles. The molecule has 0 fully saturated rings. The summed E-state index contributed by atoms with van der Waals surface area (Å²) in [5.74, 6) is -0.0816. The van der Waals surface area contributed by atoms with Gasteiger partial charge in [0.2, 0.25) is 0 Å². The quantitative estimate of drug-likeness (QED) is 0.629. The molecule has 4 nitrogen and oxygen atoms in total. The van der Waals surface area contributed by atoms with Crippen molar-refractivity contribution in [3.8, 4) is 0 Å². The van der Waals surface area contributed by atoms with Gasteiger partial charge in [-0.05, 0) is 42.8 Å². The molecule has 0 radical (unpaired) electrons. The van der Waals surface area contributed by atoms with Crippen molar-refractivity contribution in [2.24, 2.45) is 0 Å². The fraction of sp³-hybridized carbons (Fsp3) is 0.143. The number of carbonyl (C=O) groups excluding carboxylic acids is 1. The highest BCUT2D eigenvalue weighted by Crippen LogP contribution is 2.22. The maximum Gasteiger partial charge on any atom is 0.254 e. The van der Waals surface area contributed by atoms with Crippen molar-refractivity contribution >= 4 is 29.0 Å². The first kappa shape index (κ1) is 18.9. The zero-order chi connectivity index (χ0) is 19.2. The second-order valence-electron chi connectivity index (χ2n) is 5.99. The van der Waals surface area contributed by atoms with Crippen LogP contribution in [0.4, 0.5) is 15.9 Å². The topological polar surface area (TPSA) is 45.2 Å². The zero-order valence-corrected chi connectivity index (χ0v) is 15.6. The molecule has 0 atom stereocenters. The summed E-state index contributed by atoms with van der Waals surface area (Å²) in [6.07, 6.45) is 1.57. The molecule has 1 amide bonds. The number of aromatic nitrogens is 1. The van der Waals surface area contributed by atoms with E-state index in [1.165, 1.54) is 12.1 Å². The number of hydrogen-bond donors (Lipinski definition) is 1. The molecular weight excluding hydrogens is 365 g/mol. The van der Waals surface area contributed by atoms with Crippen LogP contribution in [0.1, 0.15) is 22.8 Å². The van der Waals surface area contributed by atoms with E-state index in [1.807, 2.05) is 37.3 Å². The Hall–Kier alpha value is -2.92. The van der Waals surface area contributed by atoms with Crippen LogP contribution in [0.2, 0.25) is 5.02 Å². The lowest BCUT2D eigenvalue weighted by molar-refractivity contribution is 0.0752. The minimum absolute atomic E-state index is 0.0206. The van der Waals surface area contributed by atoms with E-state index >= 15 is 0 Å². The Labute approximate surface area is 162 Å². The monoisotopic (exact) mass is 383 g/mol. The minimum atomic E-state index is -0.487. The molecule has 6 heteroatoms. The van der Waals surface area contributed by atoms with Gasteiger partial charge in [-0.25, -0.2) is 9.37 Å². The van der Waals surface area contributed by atoms with Crippen molar-refractivity contribution in [1.82, 2.24) is 9.88 Å². The van der Waals surface area contributed by atoms with Gasteiger partial charge in [0.1, 0.15) is 11.6 Å². The molecule has 0 aliphatic carbocycles. The van der Waals surface area contributed by atoms with E-state index < -0.39 is 5.82 Å². The highest BCUT2D eigenvalue weighted by atomic mass is 35.5. The van der Waals surface area contributed by atoms with E-state index in [9.17, 15) is 9.18 Å². The van der Waals surface area contributed by atoms with Gasteiger partial charge in [0.05, 0.1) is 5.02 Å². The van der Waals surface area contributed by atoms with Gasteiger partial charge in [0.15, 0.2) is 0 Å². The van der Waals surface area contributed by atoms with E-state index in [2.05, 4.69) is 10.3 Å². The first-order chi connectivity index (χ1) is 13.1. The summed E-state index contributed by atoms with van der Waals surface area (Å²) < 4.78 is 13.3. The Morgan fingerprint density at radius 3 is 2.63 bits per heavy atom. The van der Waals surface area contributed by atoms with Crippen molar-refractivity contribution < 1.29 is 9.18 Å². The number of pyridine rings is 1. The van der Waals surface area contributed by atoms with Crippen LogP contribution in [0.25, 0.3) is 0 Å². The molecule has 3 aromatic rings. The van der Waals surface area contributed by atoms with Crippen molar-refractivity contribution in [3.63, 3.8) is 0 Å². The third-order valence-electron chi connectivity index (χ3n) is 4.08. The number of hydrogen-bond acceptors (Lipinski definition) is 3. The van der Waals surface area contributed by atoms with Crippen LogP contribution >= 0.6 is 11.6 Å². The lowest BCUT2D eigenvalue weighted by Crippen LogP contribution is -2.30. The van der Waals surface area contributed by atoms with E-state index in [-0.39, 0.29) is 10.9 Å². The molecule has 0 aliphatic heterocycles. The highest BCUT2D eigenvalue weighted by Gasteiger charge is 2.15. The summed E-state index contributed by atoms with van der Waals surface area (Å²) in [5, 5.41) is 3.06. The number of amides is 1. The molecule has 2 aromatic carbocycles. The average Bonchev–Trinajstić information content (AvgIpc) is 2.69. The van der Waals surface area contributed by atoms with E-state index in [1.54, 1.807) is 29.3 Å². The Morgan fingerprint density at radius 1 is 1.15 bits per heavy atom. The predicted molar refractivity (Wildman–Crippen MR) is 106 cm³/mol. The van der Waals surface area contributed by atoms with Crippen molar-refractivity contribution in [2.45, 2.75) is 13.5 Å². The summed E-state index contributed by atoms with van der Waals surface area (Å²) >= 11 is 5.80. The summed E-state index contributed by atoms with van der Waals surface area (Å²) in [6.45, 7) is 3.07. The average molecular weight is 384 g/mol. The SMILES string of the molecule is CCN(Cc1ccccc1)C(=O)c1ccnc(Nc2ccc(F)c(Cl)c2)c1.